The van der Waals surface area contributed by atoms with E-state index in [4.69, 9.17) is 19.9 Å². The van der Waals surface area contributed by atoms with Crippen LogP contribution in [0.2, 0.25) is 0 Å². The number of anilines is 3. The summed E-state index contributed by atoms with van der Waals surface area (Å²) in [5.41, 5.74) is 11.2. The summed E-state index contributed by atoms with van der Waals surface area (Å²) in [7, 11) is 0. The van der Waals surface area contributed by atoms with Crippen molar-refractivity contribution in [2.24, 2.45) is 5.73 Å². The van der Waals surface area contributed by atoms with Gasteiger partial charge in [-0.2, -0.15) is 4.98 Å². The zero-order chi connectivity index (χ0) is 25.5. The molecule has 1 unspecified atom stereocenters. The second kappa shape index (κ2) is 9.86. The predicted molar refractivity (Wildman–Crippen MR) is 142 cm³/mol. The van der Waals surface area contributed by atoms with Crippen molar-refractivity contribution in [1.82, 2.24) is 9.97 Å². The molecule has 1 aromatic carbocycles. The molecule has 194 valence electrons. The lowest BCUT2D eigenvalue weighted by molar-refractivity contribution is -0.114. The molecule has 0 spiro atoms. The SMILES string of the molecule is Cc1cc(C2SC=C(C(N)=O)N2c2cc3oc(N4CCOCC4)nc3cc2N2CCC(F)CC2)ccn1. The van der Waals surface area contributed by atoms with Gasteiger partial charge in [-0.05, 0) is 43.5 Å². The fraction of sp³-hybridized carbons (Fsp3) is 0.423. The molecule has 2 fully saturated rings. The molecule has 0 radical (unpaired) electrons. The van der Waals surface area contributed by atoms with Crippen LogP contribution in [0, 0.1) is 6.92 Å². The number of hydrogen-bond donors (Lipinski definition) is 1. The lowest BCUT2D eigenvalue weighted by atomic mass is 10.1. The number of morpholine rings is 1. The average molecular weight is 525 g/mol. The van der Waals surface area contributed by atoms with Crippen molar-refractivity contribution in [3.8, 4) is 0 Å². The Morgan fingerprint density at radius 3 is 2.62 bits per heavy atom. The number of primary amides is 1. The number of pyridine rings is 1. The molecule has 3 aromatic rings. The van der Waals surface area contributed by atoms with Crippen molar-refractivity contribution in [3.05, 3.63) is 52.8 Å². The van der Waals surface area contributed by atoms with Gasteiger partial charge >= 0.3 is 0 Å². The lowest BCUT2D eigenvalue weighted by Crippen LogP contribution is -2.37. The highest BCUT2D eigenvalue weighted by molar-refractivity contribution is 8.02. The molecule has 37 heavy (non-hydrogen) atoms. The second-order valence-corrected chi connectivity index (χ2v) is 10.5. The molecular weight excluding hydrogens is 495 g/mol. The van der Waals surface area contributed by atoms with Crippen molar-refractivity contribution in [3.63, 3.8) is 0 Å². The number of carbonyl (C=O) groups is 1. The summed E-state index contributed by atoms with van der Waals surface area (Å²) < 4.78 is 25.8. The Labute approximate surface area is 218 Å². The summed E-state index contributed by atoms with van der Waals surface area (Å²) in [5.74, 6) is -0.513. The maximum atomic E-state index is 14.1. The normalized spacial score (nSPS) is 21.1. The highest BCUT2D eigenvalue weighted by atomic mass is 32.2. The predicted octanol–water partition coefficient (Wildman–Crippen LogP) is 3.88. The van der Waals surface area contributed by atoms with E-state index < -0.39 is 12.1 Å². The Hall–Kier alpha value is -3.31. The molecule has 2 aromatic heterocycles. The van der Waals surface area contributed by atoms with Gasteiger partial charge in [0, 0.05) is 49.5 Å². The average Bonchev–Trinajstić information content (AvgIpc) is 3.53. The van der Waals surface area contributed by atoms with Crippen LogP contribution in [0.15, 0.2) is 46.0 Å². The molecule has 6 rings (SSSR count). The molecule has 11 heteroatoms. The van der Waals surface area contributed by atoms with Crippen molar-refractivity contribution in [1.29, 1.82) is 0 Å². The number of ether oxygens (including phenoxy) is 1. The van der Waals surface area contributed by atoms with E-state index in [0.717, 1.165) is 28.1 Å². The molecule has 5 heterocycles. The number of aryl methyl sites for hydroxylation is 1. The number of alkyl halides is 1. The van der Waals surface area contributed by atoms with Gasteiger partial charge in [0.1, 0.15) is 22.8 Å². The standard InChI is InChI=1S/C26H29FN6O3S/c1-16-12-17(2-5-29-16)25-33(22(15-37-25)24(28)34)21-14-23-19(13-20(21)31-6-3-18(27)4-7-31)30-26(36-23)32-8-10-35-11-9-32/h2,5,12-15,18,25H,3-4,6-11H2,1H3,(H2,28,34). The molecule has 1 atom stereocenters. The number of nitrogens with zero attached hydrogens (tertiary/aromatic N) is 5. The molecule has 0 aliphatic carbocycles. The molecule has 3 aliphatic rings. The van der Waals surface area contributed by atoms with Crippen LogP contribution in [0.25, 0.3) is 11.1 Å². The van der Waals surface area contributed by atoms with Crippen molar-refractivity contribution >= 4 is 46.2 Å². The van der Waals surface area contributed by atoms with Crippen LogP contribution in [0.1, 0.15) is 29.5 Å². The van der Waals surface area contributed by atoms with Gasteiger partial charge in [0.05, 0.1) is 24.6 Å². The minimum atomic E-state index is -0.806. The van der Waals surface area contributed by atoms with E-state index in [1.54, 1.807) is 6.20 Å². The van der Waals surface area contributed by atoms with E-state index in [9.17, 15) is 9.18 Å². The van der Waals surface area contributed by atoms with E-state index in [0.29, 0.717) is 69.5 Å². The van der Waals surface area contributed by atoms with E-state index in [1.807, 2.05) is 41.5 Å². The van der Waals surface area contributed by atoms with E-state index >= 15 is 0 Å². The number of rotatable bonds is 5. The number of amides is 1. The topological polar surface area (TPSA) is 101 Å². The fourth-order valence-corrected chi connectivity index (χ4v) is 6.26. The van der Waals surface area contributed by atoms with Gasteiger partial charge in [-0.15, -0.1) is 11.8 Å². The Kier molecular flexibility index (Phi) is 6.41. The first kappa shape index (κ1) is 24.1. The zero-order valence-electron chi connectivity index (χ0n) is 20.6. The molecule has 0 saturated carbocycles. The van der Waals surface area contributed by atoms with Crippen molar-refractivity contribution < 1.29 is 18.3 Å². The third-order valence-corrected chi connectivity index (χ3v) is 8.14. The summed E-state index contributed by atoms with van der Waals surface area (Å²) in [6, 6.07) is 8.44. The molecule has 3 aliphatic heterocycles. The third kappa shape index (κ3) is 4.61. The Balaban J connectivity index is 1.49. The summed E-state index contributed by atoms with van der Waals surface area (Å²) in [4.78, 5) is 27.9. The Morgan fingerprint density at radius 1 is 1.11 bits per heavy atom. The largest absolute Gasteiger partial charge is 0.423 e. The van der Waals surface area contributed by atoms with Crippen LogP contribution in [0.5, 0.6) is 0 Å². The van der Waals surface area contributed by atoms with Gasteiger partial charge in [0.2, 0.25) is 0 Å². The van der Waals surface area contributed by atoms with E-state index in [1.165, 1.54) is 11.8 Å². The maximum absolute atomic E-state index is 14.1. The third-order valence-electron chi connectivity index (χ3n) is 7.04. The first-order valence-corrected chi connectivity index (χ1v) is 13.5. The highest BCUT2D eigenvalue weighted by Crippen LogP contribution is 2.49. The number of piperidine rings is 1. The van der Waals surface area contributed by atoms with Crippen LogP contribution >= 0.6 is 11.8 Å². The summed E-state index contributed by atoms with van der Waals surface area (Å²) in [6.07, 6.45) is 1.87. The summed E-state index contributed by atoms with van der Waals surface area (Å²) in [6.45, 7) is 5.74. The highest BCUT2D eigenvalue weighted by Gasteiger charge is 2.36. The van der Waals surface area contributed by atoms with E-state index in [2.05, 4.69) is 14.8 Å². The van der Waals surface area contributed by atoms with Gasteiger partial charge in [0.15, 0.2) is 5.58 Å². The number of hydrogen-bond acceptors (Lipinski definition) is 9. The lowest BCUT2D eigenvalue weighted by Gasteiger charge is -2.36. The molecule has 9 nitrogen and oxygen atoms in total. The Morgan fingerprint density at radius 2 is 1.89 bits per heavy atom. The van der Waals surface area contributed by atoms with Gasteiger partial charge < -0.3 is 29.6 Å². The zero-order valence-corrected chi connectivity index (χ0v) is 21.4. The van der Waals surface area contributed by atoms with Crippen LogP contribution in [-0.2, 0) is 9.53 Å². The smallest absolute Gasteiger partial charge is 0.298 e. The van der Waals surface area contributed by atoms with Crippen LogP contribution in [0.3, 0.4) is 0 Å². The van der Waals surface area contributed by atoms with Crippen molar-refractivity contribution in [2.45, 2.75) is 31.3 Å². The molecule has 0 bridgehead atoms. The second-order valence-electron chi connectivity index (χ2n) is 9.52. The number of thioether (sulfide) groups is 1. The fourth-order valence-electron chi connectivity index (χ4n) is 5.12. The number of halogens is 1. The summed E-state index contributed by atoms with van der Waals surface area (Å²) in [5, 5.41) is 1.59. The van der Waals surface area contributed by atoms with Gasteiger partial charge in [0.25, 0.3) is 11.9 Å². The van der Waals surface area contributed by atoms with Gasteiger partial charge in [-0.1, -0.05) is 0 Å². The van der Waals surface area contributed by atoms with E-state index in [-0.39, 0.29) is 5.37 Å². The number of fused-ring (bicyclic) bond motifs is 1. The van der Waals surface area contributed by atoms with Crippen LogP contribution in [-0.4, -0.2) is 61.4 Å². The number of carbonyl (C=O) groups excluding carboxylic acids is 1. The number of aromatic nitrogens is 2. The monoisotopic (exact) mass is 524 g/mol. The van der Waals surface area contributed by atoms with Crippen molar-refractivity contribution in [2.75, 3.05) is 54.1 Å². The minimum Gasteiger partial charge on any atom is -0.423 e. The molecule has 2 N–H and O–H groups in total. The van der Waals surface area contributed by atoms with Gasteiger partial charge in [-0.25, -0.2) is 4.39 Å². The molecule has 1 amide bonds. The number of benzene rings is 1. The molecule has 2 saturated heterocycles. The van der Waals surface area contributed by atoms with Gasteiger partial charge in [-0.3, -0.25) is 9.78 Å². The number of nitrogens with two attached hydrogens (primary N) is 1. The summed E-state index contributed by atoms with van der Waals surface area (Å²) >= 11 is 1.52. The van der Waals surface area contributed by atoms with Crippen LogP contribution < -0.4 is 20.4 Å². The minimum absolute atomic E-state index is 0.222. The first-order valence-electron chi connectivity index (χ1n) is 12.5. The molecular formula is C26H29FN6O3S. The van der Waals surface area contributed by atoms with Crippen LogP contribution in [0.4, 0.5) is 21.8 Å². The first-order chi connectivity index (χ1) is 18.0. The quantitative estimate of drug-likeness (QED) is 0.533. The maximum Gasteiger partial charge on any atom is 0.298 e. The number of oxazole rings is 1. The Bertz CT molecular complexity index is 1350.